The topological polar surface area (TPSA) is 9.23 Å². The molecule has 1 aromatic rings. The van der Waals surface area contributed by atoms with E-state index in [1.54, 1.807) is 7.11 Å². The maximum atomic E-state index is 6.00. The Morgan fingerprint density at radius 2 is 2.20 bits per heavy atom. The fourth-order valence-electron chi connectivity index (χ4n) is 1.20. The third-order valence-corrected chi connectivity index (χ3v) is 3.43. The first-order chi connectivity index (χ1) is 7.20. The van der Waals surface area contributed by atoms with Crippen LogP contribution in [0.25, 0.3) is 0 Å². The van der Waals surface area contributed by atoms with Crippen LogP contribution in [0.5, 0.6) is 5.75 Å². The molecule has 1 aliphatic rings. The fraction of sp³-hybridized carbons (Fsp3) is 0.333. The molecule has 1 fully saturated rings. The lowest BCUT2D eigenvalue weighted by molar-refractivity contribution is 0.413. The van der Waals surface area contributed by atoms with Crippen LogP contribution >= 0.6 is 27.5 Å². The molecule has 0 amide bonds. The average molecular weight is 286 g/mol. The van der Waals surface area contributed by atoms with Crippen LogP contribution in [0.2, 0.25) is 5.02 Å². The van der Waals surface area contributed by atoms with E-state index in [0.717, 1.165) is 15.8 Å². The highest BCUT2D eigenvalue weighted by atomic mass is 79.9. The maximum absolute atomic E-state index is 6.00. The molecule has 0 aliphatic heterocycles. The Kier molecular flexibility index (Phi) is 3.23. The van der Waals surface area contributed by atoms with Crippen molar-refractivity contribution >= 4 is 27.5 Å². The summed E-state index contributed by atoms with van der Waals surface area (Å²) in [5.74, 6) is 7.65. The summed E-state index contributed by atoms with van der Waals surface area (Å²) in [4.78, 5) is 0. The van der Waals surface area contributed by atoms with Gasteiger partial charge in [0.1, 0.15) is 5.75 Å². The van der Waals surface area contributed by atoms with E-state index in [2.05, 4.69) is 27.8 Å². The normalized spacial score (nSPS) is 14.3. The third kappa shape index (κ3) is 2.68. The number of methoxy groups -OCH3 is 1. The summed E-state index contributed by atoms with van der Waals surface area (Å²) in [7, 11) is 1.64. The molecule has 0 aromatic heterocycles. The van der Waals surface area contributed by atoms with Gasteiger partial charge in [-0.15, -0.1) is 0 Å². The zero-order chi connectivity index (χ0) is 10.8. The van der Waals surface area contributed by atoms with E-state index < -0.39 is 0 Å². The van der Waals surface area contributed by atoms with Crippen LogP contribution < -0.4 is 4.74 Å². The molecule has 1 nitrogen and oxygen atoms in total. The first-order valence-electron chi connectivity index (χ1n) is 4.75. The van der Waals surface area contributed by atoms with Crippen LogP contribution in [0.1, 0.15) is 18.4 Å². The van der Waals surface area contributed by atoms with Crippen molar-refractivity contribution in [2.75, 3.05) is 7.11 Å². The van der Waals surface area contributed by atoms with Crippen molar-refractivity contribution in [1.82, 2.24) is 0 Å². The van der Waals surface area contributed by atoms with Gasteiger partial charge in [-0.3, -0.25) is 0 Å². The fourth-order valence-corrected chi connectivity index (χ4v) is 1.69. The molecule has 2 rings (SSSR count). The van der Waals surface area contributed by atoms with Crippen molar-refractivity contribution in [2.45, 2.75) is 12.8 Å². The minimum Gasteiger partial charge on any atom is -0.495 e. The van der Waals surface area contributed by atoms with Gasteiger partial charge in [-0.05, 0) is 40.9 Å². The van der Waals surface area contributed by atoms with Crippen LogP contribution in [-0.4, -0.2) is 7.11 Å². The Morgan fingerprint density at radius 3 is 2.80 bits per heavy atom. The summed E-state index contributed by atoms with van der Waals surface area (Å²) < 4.78 is 6.07. The van der Waals surface area contributed by atoms with Gasteiger partial charge in [-0.1, -0.05) is 23.4 Å². The van der Waals surface area contributed by atoms with Gasteiger partial charge in [-0.2, -0.15) is 0 Å². The molecule has 3 heteroatoms. The SMILES string of the molecule is COc1cc(Br)c(Cl)cc1C#CC1CC1. The van der Waals surface area contributed by atoms with Crippen molar-refractivity contribution in [3.05, 3.63) is 27.2 Å². The van der Waals surface area contributed by atoms with Crippen molar-refractivity contribution in [1.29, 1.82) is 0 Å². The average Bonchev–Trinajstić information content (AvgIpc) is 3.03. The molecule has 1 aromatic carbocycles. The molecule has 0 unspecified atom stereocenters. The smallest absolute Gasteiger partial charge is 0.135 e. The molecule has 1 saturated carbocycles. The second-order valence-electron chi connectivity index (χ2n) is 3.51. The first kappa shape index (κ1) is 10.9. The Bertz CT molecular complexity index is 441. The Balaban J connectivity index is 2.36. The van der Waals surface area contributed by atoms with Gasteiger partial charge in [-0.25, -0.2) is 0 Å². The zero-order valence-electron chi connectivity index (χ0n) is 8.31. The molecule has 0 heterocycles. The van der Waals surface area contributed by atoms with Crippen LogP contribution in [0.3, 0.4) is 0 Å². The molecular weight excluding hydrogens is 275 g/mol. The summed E-state index contributed by atoms with van der Waals surface area (Å²) in [6.07, 6.45) is 2.44. The lowest BCUT2D eigenvalue weighted by atomic mass is 10.2. The Morgan fingerprint density at radius 1 is 1.47 bits per heavy atom. The molecule has 1 aliphatic carbocycles. The third-order valence-electron chi connectivity index (χ3n) is 2.23. The van der Waals surface area contributed by atoms with Gasteiger partial charge in [0.05, 0.1) is 17.7 Å². The quantitative estimate of drug-likeness (QED) is 0.712. The van der Waals surface area contributed by atoms with Crippen LogP contribution in [0.4, 0.5) is 0 Å². The second-order valence-corrected chi connectivity index (χ2v) is 4.77. The summed E-state index contributed by atoms with van der Waals surface area (Å²) >= 11 is 9.36. The predicted octanol–water partition coefficient (Wildman–Crippen LogP) is 3.87. The summed E-state index contributed by atoms with van der Waals surface area (Å²) in [6.45, 7) is 0. The van der Waals surface area contributed by atoms with E-state index in [9.17, 15) is 0 Å². The largest absolute Gasteiger partial charge is 0.495 e. The van der Waals surface area contributed by atoms with E-state index in [1.807, 2.05) is 12.1 Å². The van der Waals surface area contributed by atoms with Gasteiger partial charge in [0.15, 0.2) is 0 Å². The van der Waals surface area contributed by atoms with E-state index in [1.165, 1.54) is 12.8 Å². The van der Waals surface area contributed by atoms with Gasteiger partial charge in [0, 0.05) is 10.4 Å². The highest BCUT2D eigenvalue weighted by Gasteiger charge is 2.18. The van der Waals surface area contributed by atoms with E-state index in [4.69, 9.17) is 16.3 Å². The molecule has 0 bridgehead atoms. The van der Waals surface area contributed by atoms with Gasteiger partial charge >= 0.3 is 0 Å². The van der Waals surface area contributed by atoms with E-state index in [-0.39, 0.29) is 0 Å². The second kappa shape index (κ2) is 4.47. The number of halogens is 2. The number of benzene rings is 1. The Labute approximate surface area is 103 Å². The summed E-state index contributed by atoms with van der Waals surface area (Å²) in [5, 5.41) is 0.663. The minimum atomic E-state index is 0.581. The van der Waals surface area contributed by atoms with Gasteiger partial charge in [0.2, 0.25) is 0 Å². The number of rotatable bonds is 1. The number of hydrogen-bond donors (Lipinski definition) is 0. The highest BCUT2D eigenvalue weighted by molar-refractivity contribution is 9.10. The van der Waals surface area contributed by atoms with Crippen molar-refractivity contribution in [3.63, 3.8) is 0 Å². The lowest BCUT2D eigenvalue weighted by Crippen LogP contribution is -1.88. The molecule has 0 spiro atoms. The first-order valence-corrected chi connectivity index (χ1v) is 5.92. The monoisotopic (exact) mass is 284 g/mol. The molecule has 0 saturated heterocycles. The standard InChI is InChI=1S/C12H10BrClO/c1-15-12-7-10(13)11(14)6-9(12)5-4-8-2-3-8/h6-8H,2-3H2,1H3. The van der Waals surface area contributed by atoms with Gasteiger partial charge < -0.3 is 4.74 Å². The number of hydrogen-bond acceptors (Lipinski definition) is 1. The minimum absolute atomic E-state index is 0.581. The lowest BCUT2D eigenvalue weighted by Gasteiger charge is -2.05. The molecule has 0 atom stereocenters. The predicted molar refractivity (Wildman–Crippen MR) is 65.3 cm³/mol. The molecule has 15 heavy (non-hydrogen) atoms. The Hall–Kier alpha value is -0.650. The van der Waals surface area contributed by atoms with E-state index in [0.29, 0.717) is 10.9 Å². The zero-order valence-corrected chi connectivity index (χ0v) is 10.7. The highest BCUT2D eigenvalue weighted by Crippen LogP contribution is 2.31. The molecule has 78 valence electrons. The van der Waals surface area contributed by atoms with E-state index >= 15 is 0 Å². The van der Waals surface area contributed by atoms with Crippen LogP contribution in [-0.2, 0) is 0 Å². The maximum Gasteiger partial charge on any atom is 0.135 e. The molecule has 0 N–H and O–H groups in total. The molecular formula is C12H10BrClO. The van der Waals surface area contributed by atoms with Crippen molar-refractivity contribution in [3.8, 4) is 17.6 Å². The summed E-state index contributed by atoms with van der Waals surface area (Å²) in [6, 6.07) is 3.68. The van der Waals surface area contributed by atoms with Crippen molar-refractivity contribution < 1.29 is 4.74 Å². The summed E-state index contributed by atoms with van der Waals surface area (Å²) in [5.41, 5.74) is 0.859. The van der Waals surface area contributed by atoms with Crippen LogP contribution in [0.15, 0.2) is 16.6 Å². The van der Waals surface area contributed by atoms with Crippen LogP contribution in [0, 0.1) is 17.8 Å². The number of ether oxygens (including phenoxy) is 1. The van der Waals surface area contributed by atoms with Crippen molar-refractivity contribution in [2.24, 2.45) is 5.92 Å². The molecule has 0 radical (unpaired) electrons. The van der Waals surface area contributed by atoms with Gasteiger partial charge in [0.25, 0.3) is 0 Å².